The van der Waals surface area contributed by atoms with Gasteiger partial charge in [0.25, 0.3) is 0 Å². The Morgan fingerprint density at radius 1 is 0.160 bits per heavy atom. The van der Waals surface area contributed by atoms with Gasteiger partial charge >= 0.3 is 0 Å². The van der Waals surface area contributed by atoms with Gasteiger partial charge in [-0.25, -0.2) is 0 Å². The largest absolute Gasteiger partial charge is 0.0616 e. The lowest BCUT2D eigenvalue weighted by molar-refractivity contribution is 0.583. The summed E-state index contributed by atoms with van der Waals surface area (Å²) in [5, 5.41) is 10.7. The molecule has 1 aliphatic carbocycles. The molecule has 0 heteroatoms. The summed E-state index contributed by atoms with van der Waals surface area (Å²) < 4.78 is 0. The zero-order valence-electron chi connectivity index (χ0n) is 79.1. The molecule has 1 aliphatic rings. The lowest BCUT2D eigenvalue weighted by Gasteiger charge is -2.25. The highest BCUT2D eigenvalue weighted by Crippen LogP contribution is 2.51. The molecule has 0 unspecified atom stereocenters. The van der Waals surface area contributed by atoms with Crippen molar-refractivity contribution in [2.45, 2.75) is 281 Å². The predicted octanol–water partition coefficient (Wildman–Crippen LogP) is 35.0. The van der Waals surface area contributed by atoms with E-state index in [-0.39, 0.29) is 59.6 Å². The molecular formula is C119H142. The van der Waals surface area contributed by atoms with E-state index in [1.807, 2.05) is 0 Å². The van der Waals surface area contributed by atoms with Crippen LogP contribution in [0.15, 0.2) is 279 Å². The highest BCUT2D eigenvalue weighted by molar-refractivity contribution is 6.01. The van der Waals surface area contributed by atoms with Gasteiger partial charge in [-0.2, -0.15) is 0 Å². The first-order chi connectivity index (χ1) is 55.1. The molecule has 0 atom stereocenters. The van der Waals surface area contributed by atoms with E-state index in [0.717, 1.165) is 0 Å². The molecule has 0 amide bonds. The minimum Gasteiger partial charge on any atom is -0.0616 e. The van der Waals surface area contributed by atoms with Crippen molar-refractivity contribution in [3.8, 4) is 55.6 Å². The molecule has 0 bridgehead atoms. The van der Waals surface area contributed by atoms with Crippen LogP contribution < -0.4 is 0 Å². The molecule has 0 N–H and O–H groups in total. The third-order valence-electron chi connectivity index (χ3n) is 24.6. The maximum absolute atomic E-state index is 2.44. The molecule has 119 heavy (non-hydrogen) atoms. The van der Waals surface area contributed by atoms with Crippen LogP contribution in [0.1, 0.15) is 288 Å². The Morgan fingerprint density at radius 2 is 0.462 bits per heavy atom. The van der Waals surface area contributed by atoms with Gasteiger partial charge in [-0.3, -0.25) is 0 Å². The Labute approximate surface area is 720 Å². The standard InChI is InChI=1S/4C24H28.C23H30/c1-23(2,3)18-11-7-10-17(16-18)19-12-8-14-21-20(19)13-9-15-22(21)24(4,5)6;1-23(2,3)18-15-13-17(14-16-18)19-9-7-11-21-20(19)10-8-12-22(21)24(4,5)6;1-23(2,3)21-12-9-17(10-13-21)18-7-8-20-16-22(24(4,5)6)14-11-19(20)15-18;1-23(2,3)18-13-11-17(12-14-18)19-15-16-22(24(4,5)6)21-10-8-7-9-20(19)21;1-21(2,3)15-10-12-19-18(13-15)17-11-9-16(22(4,5)6)14-20(17)23(19,7)8/h4*7-16H,1-6H3;9-14H,1-8H3. The molecular weight excluding hydrogens is 1430 g/mol. The fraction of sp³-hybridized carbons (Fsp3) is 0.361. The van der Waals surface area contributed by atoms with E-state index in [2.05, 4.69) is 501 Å². The van der Waals surface area contributed by atoms with Gasteiger partial charge in [-0.05, 0) is 226 Å². The zero-order valence-corrected chi connectivity index (χ0v) is 79.1. The Morgan fingerprint density at radius 3 is 0.908 bits per heavy atom. The number of hydrogen-bond donors (Lipinski definition) is 0. The Balaban J connectivity index is 0.000000146. The van der Waals surface area contributed by atoms with Crippen LogP contribution in [0, 0.1) is 0 Å². The molecule has 618 valence electrons. The van der Waals surface area contributed by atoms with Gasteiger partial charge in [0.1, 0.15) is 0 Å². The second-order valence-corrected chi connectivity index (χ2v) is 44.9. The number of benzene rings is 14. The number of hydrogen-bond acceptors (Lipinski definition) is 0. The molecule has 15 rings (SSSR count). The second kappa shape index (κ2) is 33.6. The second-order valence-electron chi connectivity index (χ2n) is 44.9. The van der Waals surface area contributed by atoms with E-state index >= 15 is 0 Å². The van der Waals surface area contributed by atoms with E-state index in [1.165, 1.54) is 165 Å². The van der Waals surface area contributed by atoms with Crippen molar-refractivity contribution >= 4 is 43.1 Å². The van der Waals surface area contributed by atoms with Crippen LogP contribution in [0.25, 0.3) is 98.7 Å². The maximum atomic E-state index is 2.44. The van der Waals surface area contributed by atoms with Crippen LogP contribution in [-0.4, -0.2) is 0 Å². The van der Waals surface area contributed by atoms with Crippen molar-refractivity contribution in [2.24, 2.45) is 0 Å². The Kier molecular flexibility index (Phi) is 25.4. The predicted molar refractivity (Wildman–Crippen MR) is 529 cm³/mol. The molecule has 0 heterocycles. The minimum absolute atomic E-state index is 0.0857. The maximum Gasteiger partial charge on any atom is 0.0158 e. The molecule has 0 aromatic heterocycles. The van der Waals surface area contributed by atoms with Crippen molar-refractivity contribution < 1.29 is 0 Å². The first-order valence-corrected chi connectivity index (χ1v) is 44.0. The van der Waals surface area contributed by atoms with Crippen LogP contribution in [0.2, 0.25) is 0 Å². The molecule has 0 fully saturated rings. The Bertz CT molecular complexity index is 5800. The fourth-order valence-corrected chi connectivity index (χ4v) is 16.8. The van der Waals surface area contributed by atoms with Gasteiger partial charge in [0.2, 0.25) is 0 Å². The monoisotopic (exact) mass is 1570 g/mol. The molecule has 14 aromatic rings. The summed E-state index contributed by atoms with van der Waals surface area (Å²) >= 11 is 0. The van der Waals surface area contributed by atoms with Crippen molar-refractivity contribution in [1.29, 1.82) is 0 Å². The summed E-state index contributed by atoms with van der Waals surface area (Å²) in [5.41, 5.74) is 32.0. The van der Waals surface area contributed by atoms with Crippen LogP contribution in [-0.2, 0) is 59.6 Å². The smallest absolute Gasteiger partial charge is 0.0158 e. The Hall–Kier alpha value is -9.88. The topological polar surface area (TPSA) is 0 Å². The van der Waals surface area contributed by atoms with E-state index in [1.54, 1.807) is 0 Å². The van der Waals surface area contributed by atoms with Crippen LogP contribution >= 0.6 is 0 Å². The summed E-state index contributed by atoms with van der Waals surface area (Å²) in [6.45, 7) is 73.0. The van der Waals surface area contributed by atoms with Gasteiger partial charge in [-0.1, -0.05) is 495 Å². The summed E-state index contributed by atoms with van der Waals surface area (Å²) in [5.74, 6) is 0. The SMILES string of the molecule is CC(C)(C)c1ccc(-c2ccc(C(C)(C)C)c3ccccc23)cc1.CC(C)(C)c1ccc(-c2ccc3cc(C(C)(C)C)ccc3c2)cc1.CC(C)(C)c1ccc(-c2cccc3c(C(C)(C)C)cccc23)cc1.CC(C)(C)c1ccc2c(c1)-c1ccc(C(C)(C)C)cc1C2(C)C.CC(C)(C)c1cccc(-c2cccc3c(C(C)(C)C)cccc23)c1. The van der Waals surface area contributed by atoms with Crippen LogP contribution in [0.5, 0.6) is 0 Å². The summed E-state index contributed by atoms with van der Waals surface area (Å²) in [7, 11) is 0. The molecule has 0 spiro atoms. The molecule has 0 saturated carbocycles. The third-order valence-corrected chi connectivity index (χ3v) is 24.6. The minimum atomic E-state index is 0.0857. The number of fused-ring (bicyclic) bond motifs is 7. The first kappa shape index (κ1) is 89.9. The van der Waals surface area contributed by atoms with Gasteiger partial charge in [-0.15, -0.1) is 0 Å². The lowest BCUT2D eigenvalue weighted by atomic mass is 9.78. The summed E-state index contributed by atoms with van der Waals surface area (Å²) in [6.07, 6.45) is 0. The summed E-state index contributed by atoms with van der Waals surface area (Å²) in [4.78, 5) is 0. The lowest BCUT2D eigenvalue weighted by Crippen LogP contribution is -2.18. The number of rotatable bonds is 4. The van der Waals surface area contributed by atoms with Gasteiger partial charge < -0.3 is 0 Å². The average Bonchev–Trinajstić information content (AvgIpc) is 1.57. The van der Waals surface area contributed by atoms with Crippen LogP contribution in [0.3, 0.4) is 0 Å². The fourth-order valence-electron chi connectivity index (χ4n) is 16.8. The normalized spacial score (nSPS) is 13.3. The van der Waals surface area contributed by atoms with Gasteiger partial charge in [0, 0.05) is 5.41 Å². The highest BCUT2D eigenvalue weighted by atomic mass is 14.4. The van der Waals surface area contributed by atoms with E-state index in [4.69, 9.17) is 0 Å². The van der Waals surface area contributed by atoms with Crippen LogP contribution in [0.4, 0.5) is 0 Å². The molecule has 0 aliphatic heterocycles. The van der Waals surface area contributed by atoms with Crippen molar-refractivity contribution in [1.82, 2.24) is 0 Å². The molecule has 14 aromatic carbocycles. The average molecular weight is 1570 g/mol. The van der Waals surface area contributed by atoms with E-state index in [9.17, 15) is 0 Å². The zero-order chi connectivity index (χ0) is 87.3. The van der Waals surface area contributed by atoms with Crippen molar-refractivity contribution in [3.05, 3.63) is 346 Å². The summed E-state index contributed by atoms with van der Waals surface area (Å²) in [6, 6.07) is 104. The molecule has 0 nitrogen and oxygen atoms in total. The molecule has 0 saturated heterocycles. The molecule has 0 radical (unpaired) electrons. The van der Waals surface area contributed by atoms with Crippen molar-refractivity contribution in [2.75, 3.05) is 0 Å². The third kappa shape index (κ3) is 20.8. The van der Waals surface area contributed by atoms with E-state index in [0.29, 0.717) is 0 Å². The van der Waals surface area contributed by atoms with Gasteiger partial charge in [0.15, 0.2) is 0 Å². The quantitative estimate of drug-likeness (QED) is 0.165. The van der Waals surface area contributed by atoms with Gasteiger partial charge in [0.05, 0.1) is 0 Å². The highest BCUT2D eigenvalue weighted by Gasteiger charge is 2.37. The van der Waals surface area contributed by atoms with Crippen molar-refractivity contribution in [3.63, 3.8) is 0 Å². The van der Waals surface area contributed by atoms with E-state index < -0.39 is 0 Å². The first-order valence-electron chi connectivity index (χ1n) is 44.0.